The minimum absolute atomic E-state index is 0.239. The second-order valence-corrected chi connectivity index (χ2v) is 4.46. The molecule has 0 bridgehead atoms. The monoisotopic (exact) mass is 305 g/mol. The van der Waals surface area contributed by atoms with Crippen molar-refractivity contribution in [1.82, 2.24) is 0 Å². The van der Waals surface area contributed by atoms with E-state index in [4.69, 9.17) is 9.84 Å². The number of alkyl halides is 3. The lowest BCUT2D eigenvalue weighted by Gasteiger charge is -2.13. The lowest BCUT2D eigenvalue weighted by Crippen LogP contribution is -2.14. The molecule has 0 amide bonds. The number of rotatable bonds is 8. The van der Waals surface area contributed by atoms with Crippen molar-refractivity contribution in [2.24, 2.45) is 0 Å². The Labute approximate surface area is 120 Å². The summed E-state index contributed by atoms with van der Waals surface area (Å²) in [7, 11) is 0. The quantitative estimate of drug-likeness (QED) is 0.720. The Morgan fingerprint density at radius 3 is 2.62 bits per heavy atom. The van der Waals surface area contributed by atoms with Gasteiger partial charge in [0.2, 0.25) is 0 Å². The second kappa shape index (κ2) is 7.87. The molecule has 4 nitrogen and oxygen atoms in total. The molecule has 1 aromatic carbocycles. The van der Waals surface area contributed by atoms with E-state index in [-0.39, 0.29) is 5.69 Å². The predicted molar refractivity (Wildman–Crippen MR) is 72.6 cm³/mol. The zero-order valence-corrected chi connectivity index (χ0v) is 11.7. The van der Waals surface area contributed by atoms with E-state index >= 15 is 0 Å². The largest absolute Gasteiger partial charge is 0.478 e. The molecule has 0 saturated carbocycles. The maximum Gasteiger partial charge on any atom is 0.417 e. The standard InChI is InChI=1S/C14H18F3NO3/c1-2-7-21-8-3-6-18-10-4-5-11(13(19)20)12(9-10)14(15,16)17/h4-5,9,18H,2-3,6-8H2,1H3,(H,19,20). The molecule has 0 fully saturated rings. The van der Waals surface area contributed by atoms with Crippen molar-refractivity contribution >= 4 is 11.7 Å². The molecule has 0 aliphatic carbocycles. The minimum Gasteiger partial charge on any atom is -0.478 e. The molecule has 0 aromatic heterocycles. The van der Waals surface area contributed by atoms with Crippen LogP contribution < -0.4 is 5.32 Å². The number of hydrogen-bond donors (Lipinski definition) is 2. The zero-order chi connectivity index (χ0) is 15.9. The number of benzene rings is 1. The van der Waals surface area contributed by atoms with Crippen LogP contribution in [0.5, 0.6) is 0 Å². The topological polar surface area (TPSA) is 58.6 Å². The molecule has 1 aromatic rings. The van der Waals surface area contributed by atoms with Crippen LogP contribution in [0.1, 0.15) is 35.7 Å². The Balaban J connectivity index is 2.66. The molecule has 0 atom stereocenters. The molecule has 0 unspecified atom stereocenters. The van der Waals surface area contributed by atoms with Crippen LogP contribution in [0.25, 0.3) is 0 Å². The van der Waals surface area contributed by atoms with Crippen LogP contribution in [0.3, 0.4) is 0 Å². The number of hydrogen-bond acceptors (Lipinski definition) is 3. The number of nitrogens with one attached hydrogen (secondary N) is 1. The molecule has 0 aliphatic heterocycles. The van der Waals surface area contributed by atoms with Gasteiger partial charge in [0.15, 0.2) is 0 Å². The molecule has 7 heteroatoms. The van der Waals surface area contributed by atoms with E-state index in [0.717, 1.165) is 18.6 Å². The van der Waals surface area contributed by atoms with Crippen LogP contribution in [0.4, 0.5) is 18.9 Å². The lowest BCUT2D eigenvalue weighted by atomic mass is 10.1. The van der Waals surface area contributed by atoms with Gasteiger partial charge in [0.05, 0.1) is 11.1 Å². The van der Waals surface area contributed by atoms with Crippen molar-refractivity contribution < 1.29 is 27.8 Å². The highest BCUT2D eigenvalue weighted by Crippen LogP contribution is 2.33. The third-order valence-electron chi connectivity index (χ3n) is 2.70. The first-order valence-electron chi connectivity index (χ1n) is 6.62. The minimum atomic E-state index is -4.70. The van der Waals surface area contributed by atoms with E-state index in [0.29, 0.717) is 26.2 Å². The first-order chi connectivity index (χ1) is 9.86. The molecule has 0 spiro atoms. The highest BCUT2D eigenvalue weighted by Gasteiger charge is 2.35. The third kappa shape index (κ3) is 5.63. The number of anilines is 1. The number of halogens is 3. The predicted octanol–water partition coefficient (Wildman–Crippen LogP) is 3.63. The van der Waals surface area contributed by atoms with Crippen molar-refractivity contribution in [2.45, 2.75) is 25.9 Å². The Morgan fingerprint density at radius 1 is 1.33 bits per heavy atom. The van der Waals surface area contributed by atoms with E-state index in [1.165, 1.54) is 6.07 Å². The Kier molecular flexibility index (Phi) is 6.48. The summed E-state index contributed by atoms with van der Waals surface area (Å²) in [6, 6.07) is 3.10. The summed E-state index contributed by atoms with van der Waals surface area (Å²) in [5.74, 6) is -1.60. The van der Waals surface area contributed by atoms with Crippen LogP contribution in [0.2, 0.25) is 0 Å². The van der Waals surface area contributed by atoms with E-state index in [1.807, 2.05) is 6.92 Å². The fraction of sp³-hybridized carbons (Fsp3) is 0.500. The highest BCUT2D eigenvalue weighted by atomic mass is 19.4. The fourth-order valence-corrected chi connectivity index (χ4v) is 1.73. The first-order valence-corrected chi connectivity index (χ1v) is 6.62. The van der Waals surface area contributed by atoms with E-state index in [1.54, 1.807) is 0 Å². The SMILES string of the molecule is CCCOCCCNc1ccc(C(=O)O)c(C(F)(F)F)c1. The molecule has 1 rings (SSSR count). The van der Waals surface area contributed by atoms with Crippen molar-refractivity contribution in [3.05, 3.63) is 29.3 Å². The highest BCUT2D eigenvalue weighted by molar-refractivity contribution is 5.90. The van der Waals surface area contributed by atoms with Gasteiger partial charge in [-0.05, 0) is 31.0 Å². The summed E-state index contributed by atoms with van der Waals surface area (Å²) in [4.78, 5) is 10.8. The van der Waals surface area contributed by atoms with E-state index in [2.05, 4.69) is 5.32 Å². The van der Waals surface area contributed by atoms with Crippen molar-refractivity contribution in [3.8, 4) is 0 Å². The van der Waals surface area contributed by atoms with Crippen LogP contribution in [-0.4, -0.2) is 30.8 Å². The fourth-order valence-electron chi connectivity index (χ4n) is 1.73. The Morgan fingerprint density at radius 2 is 2.05 bits per heavy atom. The van der Waals surface area contributed by atoms with Crippen molar-refractivity contribution in [1.29, 1.82) is 0 Å². The summed E-state index contributed by atoms with van der Waals surface area (Å²) in [5.41, 5.74) is -1.66. The lowest BCUT2D eigenvalue weighted by molar-refractivity contribution is -0.138. The normalized spacial score (nSPS) is 11.4. The molecule has 0 saturated heterocycles. The third-order valence-corrected chi connectivity index (χ3v) is 2.70. The van der Waals surface area contributed by atoms with Gasteiger partial charge < -0.3 is 15.2 Å². The summed E-state index contributed by atoms with van der Waals surface area (Å²) in [6.07, 6.45) is -3.13. The molecule has 0 aliphatic rings. The molecule has 2 N–H and O–H groups in total. The van der Waals surface area contributed by atoms with Crippen molar-refractivity contribution in [2.75, 3.05) is 25.1 Å². The summed E-state index contributed by atoms with van der Waals surface area (Å²) in [5, 5.41) is 11.6. The van der Waals surface area contributed by atoms with Crippen molar-refractivity contribution in [3.63, 3.8) is 0 Å². The Hall–Kier alpha value is -1.76. The van der Waals surface area contributed by atoms with Crippen LogP contribution in [-0.2, 0) is 10.9 Å². The van der Waals surface area contributed by atoms with Gasteiger partial charge in [-0.25, -0.2) is 4.79 Å². The van der Waals surface area contributed by atoms with Gasteiger partial charge in [-0.2, -0.15) is 13.2 Å². The molecular weight excluding hydrogens is 287 g/mol. The molecule has 21 heavy (non-hydrogen) atoms. The van der Waals surface area contributed by atoms with Gasteiger partial charge >= 0.3 is 12.1 Å². The Bertz CT molecular complexity index is 475. The zero-order valence-electron chi connectivity index (χ0n) is 11.7. The number of carbonyl (C=O) groups is 1. The number of carboxylic acids is 1. The van der Waals surface area contributed by atoms with E-state index < -0.39 is 23.3 Å². The van der Waals surface area contributed by atoms with Crippen LogP contribution in [0, 0.1) is 0 Å². The van der Waals surface area contributed by atoms with Gasteiger partial charge in [0.25, 0.3) is 0 Å². The maximum absolute atomic E-state index is 12.8. The van der Waals surface area contributed by atoms with Gasteiger partial charge in [0, 0.05) is 25.4 Å². The second-order valence-electron chi connectivity index (χ2n) is 4.46. The summed E-state index contributed by atoms with van der Waals surface area (Å²) < 4.78 is 43.7. The average molecular weight is 305 g/mol. The number of ether oxygens (including phenoxy) is 1. The van der Waals surface area contributed by atoms with Crippen LogP contribution in [0.15, 0.2) is 18.2 Å². The van der Waals surface area contributed by atoms with Gasteiger partial charge in [-0.3, -0.25) is 0 Å². The number of carboxylic acid groups (broad SMARTS) is 1. The van der Waals surface area contributed by atoms with Gasteiger partial charge in [-0.1, -0.05) is 6.92 Å². The van der Waals surface area contributed by atoms with Gasteiger partial charge in [0.1, 0.15) is 0 Å². The summed E-state index contributed by atoms with van der Waals surface area (Å²) >= 11 is 0. The smallest absolute Gasteiger partial charge is 0.417 e. The molecular formula is C14H18F3NO3. The molecule has 118 valence electrons. The van der Waals surface area contributed by atoms with E-state index in [9.17, 15) is 18.0 Å². The summed E-state index contributed by atoms with van der Waals surface area (Å²) in [6.45, 7) is 3.63. The van der Waals surface area contributed by atoms with Crippen LogP contribution >= 0.6 is 0 Å². The first kappa shape index (κ1) is 17.3. The van der Waals surface area contributed by atoms with Gasteiger partial charge in [-0.15, -0.1) is 0 Å². The molecule has 0 heterocycles. The number of aromatic carboxylic acids is 1. The maximum atomic E-state index is 12.8. The average Bonchev–Trinajstić information content (AvgIpc) is 2.41. The molecule has 0 radical (unpaired) electrons.